The van der Waals surface area contributed by atoms with Crippen molar-refractivity contribution in [2.24, 2.45) is 5.73 Å². The van der Waals surface area contributed by atoms with Crippen LogP contribution in [0.25, 0.3) is 10.9 Å². The summed E-state index contributed by atoms with van der Waals surface area (Å²) in [6.45, 7) is 2.74. The molecule has 0 fully saturated rings. The fraction of sp³-hybridized carbons (Fsp3) is 0.471. The molecule has 1 heterocycles. The SMILES string of the molecule is CCCSc1nc2ccccc2c(=O)n1CCCCCC(N)=O. The lowest BCUT2D eigenvalue weighted by atomic mass is 10.2. The van der Waals surface area contributed by atoms with Crippen molar-refractivity contribution in [3.63, 3.8) is 0 Å². The van der Waals surface area contributed by atoms with E-state index < -0.39 is 0 Å². The quantitative estimate of drug-likeness (QED) is 0.435. The highest BCUT2D eigenvalue weighted by Crippen LogP contribution is 2.19. The summed E-state index contributed by atoms with van der Waals surface area (Å²) < 4.78 is 1.77. The monoisotopic (exact) mass is 333 g/mol. The molecule has 0 bridgehead atoms. The molecule has 0 saturated heterocycles. The van der Waals surface area contributed by atoms with Gasteiger partial charge in [-0.2, -0.15) is 0 Å². The largest absolute Gasteiger partial charge is 0.370 e. The van der Waals surface area contributed by atoms with E-state index in [-0.39, 0.29) is 11.5 Å². The van der Waals surface area contributed by atoms with Crippen LogP contribution in [0.5, 0.6) is 0 Å². The zero-order valence-corrected chi connectivity index (χ0v) is 14.3. The fourth-order valence-electron chi connectivity index (χ4n) is 2.39. The molecule has 0 unspecified atom stereocenters. The van der Waals surface area contributed by atoms with Crippen LogP contribution >= 0.6 is 11.8 Å². The number of primary amides is 1. The minimum Gasteiger partial charge on any atom is -0.370 e. The first-order chi connectivity index (χ1) is 11.1. The number of fused-ring (bicyclic) bond motifs is 1. The van der Waals surface area contributed by atoms with Gasteiger partial charge in [0.05, 0.1) is 10.9 Å². The number of nitrogens with two attached hydrogens (primary N) is 1. The molecule has 0 saturated carbocycles. The average Bonchev–Trinajstić information content (AvgIpc) is 2.54. The van der Waals surface area contributed by atoms with Gasteiger partial charge in [0.15, 0.2) is 5.16 Å². The Bertz CT molecular complexity index is 727. The number of aromatic nitrogens is 2. The number of rotatable bonds is 9. The van der Waals surface area contributed by atoms with E-state index in [0.717, 1.165) is 42.1 Å². The molecular weight excluding hydrogens is 310 g/mol. The van der Waals surface area contributed by atoms with Crippen molar-refractivity contribution in [1.29, 1.82) is 0 Å². The number of nitrogens with zero attached hydrogens (tertiary/aromatic N) is 2. The first kappa shape index (κ1) is 17.5. The van der Waals surface area contributed by atoms with E-state index in [4.69, 9.17) is 5.73 Å². The van der Waals surface area contributed by atoms with Gasteiger partial charge in [0.25, 0.3) is 5.56 Å². The number of benzene rings is 1. The molecule has 2 N–H and O–H groups in total. The van der Waals surface area contributed by atoms with Crippen LogP contribution in [-0.4, -0.2) is 21.2 Å². The summed E-state index contributed by atoms with van der Waals surface area (Å²) >= 11 is 1.62. The second-order valence-electron chi connectivity index (χ2n) is 5.49. The molecule has 0 aliphatic rings. The van der Waals surface area contributed by atoms with Gasteiger partial charge in [-0.15, -0.1) is 0 Å². The summed E-state index contributed by atoms with van der Waals surface area (Å²) in [7, 11) is 0. The minimum absolute atomic E-state index is 0.0177. The van der Waals surface area contributed by atoms with Gasteiger partial charge >= 0.3 is 0 Å². The van der Waals surface area contributed by atoms with E-state index in [1.807, 2.05) is 24.3 Å². The summed E-state index contributed by atoms with van der Waals surface area (Å²) in [5.41, 5.74) is 5.91. The van der Waals surface area contributed by atoms with Gasteiger partial charge in [0.2, 0.25) is 5.91 Å². The Morgan fingerprint density at radius 1 is 1.26 bits per heavy atom. The third-order valence-corrected chi connectivity index (χ3v) is 4.75. The predicted octanol–water partition coefficient (Wildman–Crippen LogP) is 2.94. The van der Waals surface area contributed by atoms with Crippen LogP contribution in [0.4, 0.5) is 0 Å². The van der Waals surface area contributed by atoms with Crippen LogP contribution in [0.1, 0.15) is 39.0 Å². The van der Waals surface area contributed by atoms with Crippen molar-refractivity contribution in [3.05, 3.63) is 34.6 Å². The highest BCUT2D eigenvalue weighted by atomic mass is 32.2. The number of carbonyl (C=O) groups is 1. The Morgan fingerprint density at radius 3 is 2.78 bits per heavy atom. The lowest BCUT2D eigenvalue weighted by Gasteiger charge is -2.12. The summed E-state index contributed by atoms with van der Waals surface area (Å²) in [5.74, 6) is 0.667. The predicted molar refractivity (Wildman–Crippen MR) is 94.7 cm³/mol. The lowest BCUT2D eigenvalue weighted by molar-refractivity contribution is -0.118. The number of hydrogen-bond acceptors (Lipinski definition) is 4. The molecule has 1 aromatic carbocycles. The molecule has 0 aliphatic heterocycles. The van der Waals surface area contributed by atoms with Gasteiger partial charge < -0.3 is 5.73 Å². The van der Waals surface area contributed by atoms with E-state index in [9.17, 15) is 9.59 Å². The Morgan fingerprint density at radius 2 is 2.04 bits per heavy atom. The number of amides is 1. The summed E-state index contributed by atoms with van der Waals surface area (Å²) in [6, 6.07) is 7.46. The Kier molecular flexibility index (Phi) is 6.65. The minimum atomic E-state index is -0.270. The Balaban J connectivity index is 2.19. The zero-order valence-electron chi connectivity index (χ0n) is 13.5. The normalized spacial score (nSPS) is 11.0. The number of unbranched alkanes of at least 4 members (excludes halogenated alkanes) is 2. The van der Waals surface area contributed by atoms with Gasteiger partial charge in [-0.05, 0) is 31.4 Å². The molecule has 1 aromatic heterocycles. The highest BCUT2D eigenvalue weighted by Gasteiger charge is 2.10. The van der Waals surface area contributed by atoms with Crippen LogP contribution in [-0.2, 0) is 11.3 Å². The third kappa shape index (κ3) is 4.82. The maximum absolute atomic E-state index is 12.7. The second kappa shape index (κ2) is 8.72. The van der Waals surface area contributed by atoms with Crippen molar-refractivity contribution < 1.29 is 4.79 Å². The summed E-state index contributed by atoms with van der Waals surface area (Å²) in [6.07, 6.45) is 3.92. The van der Waals surface area contributed by atoms with Crippen molar-refractivity contribution in [2.45, 2.75) is 50.7 Å². The smallest absolute Gasteiger partial charge is 0.262 e. The Hall–Kier alpha value is -1.82. The van der Waals surface area contributed by atoms with Crippen LogP contribution in [0.2, 0.25) is 0 Å². The molecule has 6 heteroatoms. The Labute approximate surface area is 140 Å². The van der Waals surface area contributed by atoms with Crippen LogP contribution in [0.15, 0.2) is 34.2 Å². The first-order valence-electron chi connectivity index (χ1n) is 8.04. The van der Waals surface area contributed by atoms with E-state index in [0.29, 0.717) is 18.4 Å². The summed E-state index contributed by atoms with van der Waals surface area (Å²) in [4.78, 5) is 28.1. The number of carbonyl (C=O) groups excluding carboxylic acids is 1. The van der Waals surface area contributed by atoms with Crippen LogP contribution < -0.4 is 11.3 Å². The standard InChI is InChI=1S/C17H23N3O2S/c1-2-12-23-17-19-14-9-6-5-8-13(14)16(22)20(17)11-7-3-4-10-15(18)21/h5-6,8-9H,2-4,7,10-12H2,1H3,(H2,18,21). The van der Waals surface area contributed by atoms with Gasteiger partial charge in [-0.25, -0.2) is 4.98 Å². The van der Waals surface area contributed by atoms with Crippen molar-refractivity contribution >= 4 is 28.6 Å². The van der Waals surface area contributed by atoms with E-state index in [1.54, 1.807) is 16.3 Å². The maximum atomic E-state index is 12.7. The fourth-order valence-corrected chi connectivity index (χ4v) is 3.27. The molecule has 0 radical (unpaired) electrons. The van der Waals surface area contributed by atoms with E-state index in [1.165, 1.54) is 0 Å². The van der Waals surface area contributed by atoms with Gasteiger partial charge in [0, 0.05) is 18.7 Å². The second-order valence-corrected chi connectivity index (χ2v) is 6.56. The van der Waals surface area contributed by atoms with Gasteiger partial charge in [0.1, 0.15) is 0 Å². The lowest BCUT2D eigenvalue weighted by Crippen LogP contribution is -2.23. The molecule has 0 aliphatic carbocycles. The number of hydrogen-bond donors (Lipinski definition) is 1. The van der Waals surface area contributed by atoms with Gasteiger partial charge in [-0.1, -0.05) is 37.2 Å². The number of para-hydroxylation sites is 1. The van der Waals surface area contributed by atoms with Crippen molar-refractivity contribution in [2.75, 3.05) is 5.75 Å². The van der Waals surface area contributed by atoms with Crippen molar-refractivity contribution in [1.82, 2.24) is 9.55 Å². The van der Waals surface area contributed by atoms with E-state index in [2.05, 4.69) is 11.9 Å². The average molecular weight is 333 g/mol. The summed E-state index contributed by atoms with van der Waals surface area (Å²) in [5, 5.41) is 1.44. The van der Waals surface area contributed by atoms with E-state index >= 15 is 0 Å². The number of thioether (sulfide) groups is 1. The first-order valence-corrected chi connectivity index (χ1v) is 9.02. The van der Waals surface area contributed by atoms with Gasteiger partial charge in [-0.3, -0.25) is 14.2 Å². The molecule has 23 heavy (non-hydrogen) atoms. The molecule has 2 rings (SSSR count). The zero-order chi connectivity index (χ0) is 16.7. The molecule has 124 valence electrons. The molecule has 2 aromatic rings. The molecule has 0 spiro atoms. The van der Waals surface area contributed by atoms with Crippen LogP contribution in [0, 0.1) is 0 Å². The molecule has 0 atom stereocenters. The van der Waals surface area contributed by atoms with Crippen LogP contribution in [0.3, 0.4) is 0 Å². The molecule has 5 nitrogen and oxygen atoms in total. The molecular formula is C17H23N3O2S. The molecule has 1 amide bonds. The third-order valence-electron chi connectivity index (χ3n) is 3.57. The van der Waals surface area contributed by atoms with Crippen molar-refractivity contribution in [3.8, 4) is 0 Å². The maximum Gasteiger partial charge on any atom is 0.262 e. The highest BCUT2D eigenvalue weighted by molar-refractivity contribution is 7.99. The topological polar surface area (TPSA) is 78.0 Å².